The smallest absolute Gasteiger partial charge is 0.150 e. The Bertz CT molecular complexity index is 309. The van der Waals surface area contributed by atoms with Crippen LogP contribution in [0, 0.1) is 17.9 Å². The molecule has 3 nitrogen and oxygen atoms in total. The topological polar surface area (TPSA) is 45.2 Å². The maximum atomic E-state index is 12.1. The lowest BCUT2D eigenvalue weighted by Gasteiger charge is -2.13. The molecule has 0 bridgehead atoms. The number of allylic oxidation sites excluding steroid dienone is 1. The molecular weight excluding hydrogens is 195 g/mol. The third-order valence-corrected chi connectivity index (χ3v) is 5.06. The van der Waals surface area contributed by atoms with Crippen LogP contribution in [0.3, 0.4) is 0 Å². The van der Waals surface area contributed by atoms with Crippen molar-refractivity contribution in [1.82, 2.24) is 0 Å². The van der Waals surface area contributed by atoms with Crippen molar-refractivity contribution in [1.29, 1.82) is 5.26 Å². The van der Waals surface area contributed by atoms with Crippen LogP contribution in [0.2, 0.25) is 0 Å². The largest absolute Gasteiger partial charge is 0.323 e. The Hall–Kier alpha value is -1.05. The van der Waals surface area contributed by atoms with Crippen LogP contribution >= 0.6 is 7.14 Å². The average molecular weight is 210 g/mol. The second-order valence-electron chi connectivity index (χ2n) is 3.11. The van der Waals surface area contributed by atoms with Gasteiger partial charge in [0.2, 0.25) is 0 Å². The molecular formula is C10H15N2OP. The molecule has 0 saturated carbocycles. The molecule has 0 heterocycles. The van der Waals surface area contributed by atoms with Crippen molar-refractivity contribution in [3.8, 4) is 6.07 Å². The lowest BCUT2D eigenvalue weighted by Crippen LogP contribution is -1.97. The van der Waals surface area contributed by atoms with Crippen molar-refractivity contribution in [2.75, 3.05) is 18.5 Å². The van der Waals surface area contributed by atoms with E-state index in [1.165, 1.54) is 6.20 Å². The molecule has 1 unspecified atom stereocenters. The Morgan fingerprint density at radius 3 is 2.79 bits per heavy atom. The van der Waals surface area contributed by atoms with Crippen molar-refractivity contribution in [2.45, 2.75) is 19.8 Å². The molecule has 0 saturated heterocycles. The molecule has 0 aromatic rings. The van der Waals surface area contributed by atoms with Crippen LogP contribution in [0.4, 0.5) is 0 Å². The summed E-state index contributed by atoms with van der Waals surface area (Å²) in [5, 5.41) is 8.43. The molecule has 0 aromatic heterocycles. The van der Waals surface area contributed by atoms with Crippen LogP contribution in [0.5, 0.6) is 0 Å². The highest BCUT2D eigenvalue weighted by Gasteiger charge is 2.18. The van der Waals surface area contributed by atoms with Crippen LogP contribution in [0.25, 0.3) is 4.85 Å². The summed E-state index contributed by atoms with van der Waals surface area (Å²) in [5.41, 5.74) is 0. The van der Waals surface area contributed by atoms with Gasteiger partial charge in [-0.05, 0) is 6.42 Å². The summed E-state index contributed by atoms with van der Waals surface area (Å²) in [6.45, 7) is 8.53. The molecule has 0 amide bonds. The predicted molar refractivity (Wildman–Crippen MR) is 58.5 cm³/mol. The van der Waals surface area contributed by atoms with Crippen LogP contribution in [0.15, 0.2) is 12.3 Å². The van der Waals surface area contributed by atoms with Gasteiger partial charge in [0.1, 0.15) is 0 Å². The number of hydrogen-bond acceptors (Lipinski definition) is 2. The van der Waals surface area contributed by atoms with Crippen LogP contribution in [0.1, 0.15) is 19.8 Å². The van der Waals surface area contributed by atoms with Gasteiger partial charge in [0.25, 0.3) is 0 Å². The lowest BCUT2D eigenvalue weighted by atomic mass is 10.6. The van der Waals surface area contributed by atoms with E-state index in [0.29, 0.717) is 24.9 Å². The summed E-state index contributed by atoms with van der Waals surface area (Å²) in [6.07, 6.45) is 5.84. The van der Waals surface area contributed by atoms with E-state index in [1.54, 1.807) is 6.08 Å². The van der Waals surface area contributed by atoms with Gasteiger partial charge in [0, 0.05) is 24.9 Å². The number of hydrogen-bond donors (Lipinski definition) is 0. The minimum atomic E-state index is -2.22. The summed E-state index contributed by atoms with van der Waals surface area (Å²) >= 11 is 0. The van der Waals surface area contributed by atoms with Crippen LogP contribution < -0.4 is 0 Å². The second-order valence-corrected chi connectivity index (χ2v) is 6.49. The number of nitrogens with zero attached hydrogens (tertiary/aromatic N) is 2. The van der Waals surface area contributed by atoms with Gasteiger partial charge in [-0.3, -0.25) is 0 Å². The van der Waals surface area contributed by atoms with E-state index in [2.05, 4.69) is 4.85 Å². The number of rotatable bonds is 6. The molecule has 4 heteroatoms. The first kappa shape index (κ1) is 12.9. The molecule has 0 aliphatic rings. The SMILES string of the molecule is [C-]#[N+]/C=C/CP(=O)(CCC)CCC#N. The summed E-state index contributed by atoms with van der Waals surface area (Å²) in [7, 11) is -2.22. The zero-order chi connectivity index (χ0) is 10.9. The first-order valence-electron chi connectivity index (χ1n) is 4.64. The fourth-order valence-corrected chi connectivity index (χ4v) is 3.64. The number of nitriles is 1. The monoisotopic (exact) mass is 210 g/mol. The minimum Gasteiger partial charge on any atom is -0.323 e. The molecule has 14 heavy (non-hydrogen) atoms. The molecule has 0 aromatic carbocycles. The van der Waals surface area contributed by atoms with Gasteiger partial charge in [0.05, 0.1) is 19.8 Å². The van der Waals surface area contributed by atoms with E-state index in [9.17, 15) is 4.57 Å². The first-order valence-corrected chi connectivity index (χ1v) is 6.90. The fraction of sp³-hybridized carbons (Fsp3) is 0.600. The maximum Gasteiger partial charge on any atom is 0.150 e. The van der Waals surface area contributed by atoms with E-state index in [0.717, 1.165) is 6.42 Å². The van der Waals surface area contributed by atoms with Gasteiger partial charge in [-0.1, -0.05) is 13.0 Å². The zero-order valence-corrected chi connectivity index (χ0v) is 9.33. The van der Waals surface area contributed by atoms with Gasteiger partial charge in [-0.2, -0.15) is 5.26 Å². The quantitative estimate of drug-likeness (QED) is 0.499. The third kappa shape index (κ3) is 5.57. The standard InChI is InChI=1S/C10H15N2OP/c1-3-8-14(13,9-4-6-11)10-5-7-12-2/h5,7H,3-4,8-10H2,1H3/b7-5+. The van der Waals surface area contributed by atoms with E-state index in [1.807, 2.05) is 13.0 Å². The summed E-state index contributed by atoms with van der Waals surface area (Å²) in [6, 6.07) is 2.02. The van der Waals surface area contributed by atoms with E-state index < -0.39 is 7.14 Å². The summed E-state index contributed by atoms with van der Waals surface area (Å²) in [4.78, 5) is 3.06. The Labute approximate surface area is 85.6 Å². The molecule has 0 radical (unpaired) electrons. The summed E-state index contributed by atoms with van der Waals surface area (Å²) in [5.74, 6) is 0. The second kappa shape index (κ2) is 7.36. The highest BCUT2D eigenvalue weighted by atomic mass is 31.2. The van der Waals surface area contributed by atoms with Gasteiger partial charge >= 0.3 is 0 Å². The lowest BCUT2D eigenvalue weighted by molar-refractivity contribution is 0.575. The van der Waals surface area contributed by atoms with Gasteiger partial charge < -0.3 is 4.57 Å². The highest BCUT2D eigenvalue weighted by Crippen LogP contribution is 2.46. The van der Waals surface area contributed by atoms with Crippen molar-refractivity contribution < 1.29 is 4.57 Å². The van der Waals surface area contributed by atoms with E-state index in [-0.39, 0.29) is 0 Å². The van der Waals surface area contributed by atoms with Crippen molar-refractivity contribution in [2.24, 2.45) is 0 Å². The molecule has 1 atom stereocenters. The fourth-order valence-electron chi connectivity index (χ4n) is 1.25. The maximum absolute atomic E-state index is 12.1. The Morgan fingerprint density at radius 1 is 1.57 bits per heavy atom. The Morgan fingerprint density at radius 2 is 2.29 bits per heavy atom. The molecule has 0 aliphatic carbocycles. The Balaban J connectivity index is 4.26. The molecule has 76 valence electrons. The van der Waals surface area contributed by atoms with Gasteiger partial charge in [0.15, 0.2) is 6.20 Å². The first-order chi connectivity index (χ1) is 6.68. The minimum absolute atomic E-state index is 0.350. The molecule has 0 aliphatic heterocycles. The molecule has 0 N–H and O–H groups in total. The highest BCUT2D eigenvalue weighted by molar-refractivity contribution is 7.64. The van der Waals surface area contributed by atoms with E-state index >= 15 is 0 Å². The molecule has 0 fully saturated rings. The van der Waals surface area contributed by atoms with Crippen molar-refractivity contribution in [3.05, 3.63) is 23.7 Å². The van der Waals surface area contributed by atoms with Gasteiger partial charge in [-0.15, -0.1) is 0 Å². The molecule has 0 rings (SSSR count). The van der Waals surface area contributed by atoms with E-state index in [4.69, 9.17) is 11.8 Å². The average Bonchev–Trinajstić information content (AvgIpc) is 2.16. The van der Waals surface area contributed by atoms with Crippen molar-refractivity contribution in [3.63, 3.8) is 0 Å². The van der Waals surface area contributed by atoms with Crippen LogP contribution in [-0.2, 0) is 4.57 Å². The third-order valence-electron chi connectivity index (χ3n) is 1.88. The predicted octanol–water partition coefficient (Wildman–Crippen LogP) is 3.11. The summed E-state index contributed by atoms with van der Waals surface area (Å²) < 4.78 is 12.1. The Kier molecular flexibility index (Phi) is 6.81. The molecule has 0 spiro atoms. The normalized spacial score (nSPS) is 14.5. The van der Waals surface area contributed by atoms with Gasteiger partial charge in [-0.25, -0.2) is 4.85 Å². The van der Waals surface area contributed by atoms with Crippen LogP contribution in [-0.4, -0.2) is 18.5 Å². The zero-order valence-electron chi connectivity index (χ0n) is 8.44. The van der Waals surface area contributed by atoms with Crippen molar-refractivity contribution >= 4 is 7.14 Å².